The number of nitrogens with zero attached hydrogens (tertiary/aromatic N) is 3. The summed E-state index contributed by atoms with van der Waals surface area (Å²) in [5.74, 6) is 1.33. The van der Waals surface area contributed by atoms with Crippen molar-refractivity contribution in [1.82, 2.24) is 14.1 Å². The third kappa shape index (κ3) is 4.63. The minimum atomic E-state index is 0.493. The second-order valence-electron chi connectivity index (χ2n) is 9.89. The first-order chi connectivity index (χ1) is 18.7. The summed E-state index contributed by atoms with van der Waals surface area (Å²) in [7, 11) is 1.68. The summed E-state index contributed by atoms with van der Waals surface area (Å²) in [4.78, 5) is 5.02. The molecule has 6 rings (SSSR count). The summed E-state index contributed by atoms with van der Waals surface area (Å²) in [6.07, 6.45) is 3.89. The van der Waals surface area contributed by atoms with E-state index in [2.05, 4.69) is 65.2 Å². The van der Waals surface area contributed by atoms with Gasteiger partial charge in [0.15, 0.2) is 0 Å². The lowest BCUT2D eigenvalue weighted by atomic mass is 9.98. The fraction of sp³-hybridized carbons (Fsp3) is 0.250. The van der Waals surface area contributed by atoms with Gasteiger partial charge in [0.1, 0.15) is 16.9 Å². The topological polar surface area (TPSA) is 65.1 Å². The van der Waals surface area contributed by atoms with Crippen LogP contribution >= 0.6 is 0 Å². The van der Waals surface area contributed by atoms with Gasteiger partial charge in [0.25, 0.3) is 0 Å². The lowest BCUT2D eigenvalue weighted by Gasteiger charge is -2.23. The molecule has 2 aromatic heterocycles. The van der Waals surface area contributed by atoms with E-state index in [4.69, 9.17) is 14.5 Å². The minimum Gasteiger partial charge on any atom is -0.497 e. The fourth-order valence-corrected chi connectivity index (χ4v) is 5.49. The van der Waals surface area contributed by atoms with E-state index in [9.17, 15) is 5.41 Å². The zero-order chi connectivity index (χ0) is 25.9. The Hall–Kier alpha value is -4.16. The number of nitrogens with one attached hydrogen (secondary N) is 1. The monoisotopic (exact) mass is 504 g/mol. The third-order valence-corrected chi connectivity index (χ3v) is 7.48. The second kappa shape index (κ2) is 10.7. The molecule has 6 nitrogen and oxygen atoms in total. The van der Waals surface area contributed by atoms with Gasteiger partial charge < -0.3 is 18.6 Å². The third-order valence-electron chi connectivity index (χ3n) is 7.48. The van der Waals surface area contributed by atoms with Crippen molar-refractivity contribution >= 4 is 11.0 Å². The number of ether oxygens (including phenoxy) is 2. The maximum absolute atomic E-state index is 9.42. The standard InChI is InChI=1S/C32H32N4O2/c1-37-27-14-12-23(13-15-27)21-36-30(26-10-6-3-7-11-26)28(25-8-4-2-5-9-25)29-31(33)35(22-34-32(29)36)20-24-16-18-38-19-17-24/h2-15,22,24,33H,16-21H2,1H3. The number of fused-ring (bicyclic) bond motifs is 1. The van der Waals surface area contributed by atoms with Crippen molar-refractivity contribution in [3.05, 3.63) is 102 Å². The largest absolute Gasteiger partial charge is 0.497 e. The Kier molecular flexibility index (Phi) is 6.80. The van der Waals surface area contributed by atoms with Gasteiger partial charge in [0, 0.05) is 31.9 Å². The van der Waals surface area contributed by atoms with Crippen LogP contribution in [0.1, 0.15) is 18.4 Å². The molecule has 6 heteroatoms. The first kappa shape index (κ1) is 24.2. The Morgan fingerprint density at radius 1 is 0.895 bits per heavy atom. The maximum Gasteiger partial charge on any atom is 0.146 e. The predicted octanol–water partition coefficient (Wildman–Crippen LogP) is 6.13. The van der Waals surface area contributed by atoms with E-state index in [1.165, 1.54) is 0 Å². The molecule has 0 saturated carbocycles. The van der Waals surface area contributed by atoms with Crippen molar-refractivity contribution in [3.63, 3.8) is 0 Å². The lowest BCUT2D eigenvalue weighted by Crippen LogP contribution is -2.28. The van der Waals surface area contributed by atoms with Crippen molar-refractivity contribution in [1.29, 1.82) is 5.41 Å². The Balaban J connectivity index is 1.60. The molecule has 0 atom stereocenters. The predicted molar refractivity (Wildman–Crippen MR) is 150 cm³/mol. The lowest BCUT2D eigenvalue weighted by molar-refractivity contribution is 0.0608. The summed E-state index contributed by atoms with van der Waals surface area (Å²) in [5, 5.41) is 10.3. The highest BCUT2D eigenvalue weighted by atomic mass is 16.5. The van der Waals surface area contributed by atoms with E-state index >= 15 is 0 Å². The van der Waals surface area contributed by atoms with Gasteiger partial charge in [-0.3, -0.25) is 5.41 Å². The Morgan fingerprint density at radius 2 is 1.55 bits per heavy atom. The Morgan fingerprint density at radius 3 is 2.21 bits per heavy atom. The average Bonchev–Trinajstić information content (AvgIpc) is 3.31. The molecule has 0 spiro atoms. The van der Waals surface area contributed by atoms with Crippen LogP contribution in [0.2, 0.25) is 0 Å². The highest BCUT2D eigenvalue weighted by Crippen LogP contribution is 2.39. The summed E-state index contributed by atoms with van der Waals surface area (Å²) < 4.78 is 15.2. The van der Waals surface area contributed by atoms with Crippen LogP contribution in [-0.2, 0) is 17.8 Å². The highest BCUT2D eigenvalue weighted by molar-refractivity contribution is 6.02. The van der Waals surface area contributed by atoms with Crippen LogP contribution in [0.15, 0.2) is 91.3 Å². The molecule has 3 aromatic carbocycles. The molecule has 1 aliphatic rings. The van der Waals surface area contributed by atoms with Gasteiger partial charge >= 0.3 is 0 Å². The number of aromatic nitrogens is 3. The molecule has 1 aliphatic heterocycles. The molecule has 0 amide bonds. The number of rotatable bonds is 7. The zero-order valence-electron chi connectivity index (χ0n) is 21.6. The average molecular weight is 505 g/mol. The number of benzene rings is 3. The SMILES string of the molecule is COc1ccc(Cn2c(-c3ccccc3)c(-c3ccccc3)c3c(=N)n(CC4CCOCC4)cnc32)cc1. The summed E-state index contributed by atoms with van der Waals surface area (Å²) in [6, 6.07) is 29.1. The van der Waals surface area contributed by atoms with Gasteiger partial charge in [-0.2, -0.15) is 0 Å². The van der Waals surface area contributed by atoms with Gasteiger partial charge in [-0.1, -0.05) is 72.8 Å². The minimum absolute atomic E-state index is 0.493. The first-order valence-corrected chi connectivity index (χ1v) is 13.2. The quantitative estimate of drug-likeness (QED) is 0.290. The second-order valence-corrected chi connectivity index (χ2v) is 9.89. The summed E-state index contributed by atoms with van der Waals surface area (Å²) >= 11 is 0. The van der Waals surface area contributed by atoms with Gasteiger partial charge in [-0.05, 0) is 47.6 Å². The zero-order valence-corrected chi connectivity index (χ0v) is 21.6. The van der Waals surface area contributed by atoms with E-state index in [1.807, 2.05) is 35.2 Å². The maximum atomic E-state index is 9.42. The van der Waals surface area contributed by atoms with Crippen LogP contribution in [0.4, 0.5) is 0 Å². The van der Waals surface area contributed by atoms with Gasteiger partial charge in [0.2, 0.25) is 0 Å². The number of methoxy groups -OCH3 is 1. The van der Waals surface area contributed by atoms with E-state index in [0.717, 1.165) is 77.3 Å². The molecule has 0 radical (unpaired) electrons. The number of hydrogen-bond acceptors (Lipinski definition) is 4. The molecule has 5 aromatic rings. The van der Waals surface area contributed by atoms with Gasteiger partial charge in [-0.25, -0.2) is 4.98 Å². The molecule has 192 valence electrons. The highest BCUT2D eigenvalue weighted by Gasteiger charge is 2.24. The van der Waals surface area contributed by atoms with Gasteiger partial charge in [-0.15, -0.1) is 0 Å². The fourth-order valence-electron chi connectivity index (χ4n) is 5.49. The molecular weight excluding hydrogens is 472 g/mol. The molecule has 38 heavy (non-hydrogen) atoms. The van der Waals surface area contributed by atoms with E-state index in [1.54, 1.807) is 7.11 Å². The van der Waals surface area contributed by atoms with E-state index < -0.39 is 0 Å². The number of hydrogen-bond donors (Lipinski definition) is 1. The molecule has 0 unspecified atom stereocenters. The van der Waals surface area contributed by atoms with Gasteiger partial charge in [0.05, 0.1) is 24.5 Å². The Bertz CT molecular complexity index is 1580. The Labute approximate surface area is 222 Å². The normalized spacial score (nSPS) is 14.1. The van der Waals surface area contributed by atoms with Crippen molar-refractivity contribution in [2.24, 2.45) is 5.92 Å². The van der Waals surface area contributed by atoms with Crippen LogP contribution in [-0.4, -0.2) is 34.4 Å². The van der Waals surface area contributed by atoms with Crippen molar-refractivity contribution in [3.8, 4) is 28.1 Å². The van der Waals surface area contributed by atoms with E-state index in [-0.39, 0.29) is 0 Å². The van der Waals surface area contributed by atoms with Crippen LogP contribution in [0, 0.1) is 11.3 Å². The van der Waals surface area contributed by atoms with E-state index in [0.29, 0.717) is 18.0 Å². The van der Waals surface area contributed by atoms with Crippen molar-refractivity contribution < 1.29 is 9.47 Å². The first-order valence-electron chi connectivity index (χ1n) is 13.2. The summed E-state index contributed by atoms with van der Waals surface area (Å²) in [5.41, 5.74) is 6.80. The van der Waals surface area contributed by atoms with Crippen molar-refractivity contribution in [2.45, 2.75) is 25.9 Å². The van der Waals surface area contributed by atoms with Crippen LogP contribution in [0.3, 0.4) is 0 Å². The smallest absolute Gasteiger partial charge is 0.146 e. The molecular formula is C32H32N4O2. The van der Waals surface area contributed by atoms with Crippen LogP contribution in [0.25, 0.3) is 33.4 Å². The molecule has 1 fully saturated rings. The molecule has 0 bridgehead atoms. The molecule has 3 heterocycles. The molecule has 1 N–H and O–H groups in total. The van der Waals surface area contributed by atoms with Crippen LogP contribution < -0.4 is 10.2 Å². The molecule has 0 aliphatic carbocycles. The molecule has 1 saturated heterocycles. The summed E-state index contributed by atoms with van der Waals surface area (Å²) in [6.45, 7) is 3.00. The van der Waals surface area contributed by atoms with Crippen LogP contribution in [0.5, 0.6) is 5.75 Å². The van der Waals surface area contributed by atoms with Crippen molar-refractivity contribution in [2.75, 3.05) is 20.3 Å².